The molecule has 18 heavy (non-hydrogen) atoms. The Bertz CT molecular complexity index is 583. The number of benzene rings is 2. The van der Waals surface area contributed by atoms with Gasteiger partial charge in [-0.15, -0.1) is 0 Å². The van der Waals surface area contributed by atoms with E-state index in [1.54, 1.807) is 0 Å². The SMILES string of the molecule is C/C=C/c1ccc(-c2ccc3c(c2)OCO3)cc1. The van der Waals surface area contributed by atoms with Gasteiger partial charge in [0.15, 0.2) is 11.5 Å². The molecule has 0 saturated heterocycles. The Balaban J connectivity index is 1.94. The van der Waals surface area contributed by atoms with Crippen LogP contribution in [0.5, 0.6) is 11.5 Å². The molecule has 2 nitrogen and oxygen atoms in total. The largest absolute Gasteiger partial charge is 0.454 e. The molecule has 0 atom stereocenters. The smallest absolute Gasteiger partial charge is 0.231 e. The van der Waals surface area contributed by atoms with Crippen LogP contribution in [0.2, 0.25) is 0 Å². The van der Waals surface area contributed by atoms with Gasteiger partial charge in [-0.25, -0.2) is 0 Å². The van der Waals surface area contributed by atoms with Gasteiger partial charge in [-0.2, -0.15) is 0 Å². The van der Waals surface area contributed by atoms with Crippen molar-refractivity contribution in [2.75, 3.05) is 6.79 Å². The van der Waals surface area contributed by atoms with E-state index >= 15 is 0 Å². The second-order valence-electron chi connectivity index (χ2n) is 4.19. The second kappa shape index (κ2) is 4.57. The first-order valence-electron chi connectivity index (χ1n) is 5.99. The molecule has 2 aromatic carbocycles. The van der Waals surface area contributed by atoms with E-state index in [0.29, 0.717) is 6.79 Å². The Labute approximate surface area is 106 Å². The van der Waals surface area contributed by atoms with E-state index in [-0.39, 0.29) is 0 Å². The van der Waals surface area contributed by atoms with Crippen molar-refractivity contribution >= 4 is 6.08 Å². The average Bonchev–Trinajstić information content (AvgIpc) is 2.87. The first-order chi connectivity index (χ1) is 8.86. The molecule has 0 radical (unpaired) electrons. The van der Waals surface area contributed by atoms with Crippen LogP contribution in [-0.2, 0) is 0 Å². The van der Waals surface area contributed by atoms with Crippen molar-refractivity contribution in [3.05, 3.63) is 54.1 Å². The molecule has 0 aromatic heterocycles. The van der Waals surface area contributed by atoms with E-state index in [4.69, 9.17) is 9.47 Å². The van der Waals surface area contributed by atoms with Gasteiger partial charge >= 0.3 is 0 Å². The zero-order valence-corrected chi connectivity index (χ0v) is 10.2. The highest BCUT2D eigenvalue weighted by Gasteiger charge is 2.13. The third-order valence-electron chi connectivity index (χ3n) is 2.98. The summed E-state index contributed by atoms with van der Waals surface area (Å²) >= 11 is 0. The highest BCUT2D eigenvalue weighted by atomic mass is 16.7. The lowest BCUT2D eigenvalue weighted by atomic mass is 10.0. The summed E-state index contributed by atoms with van der Waals surface area (Å²) in [4.78, 5) is 0. The normalized spacial score (nSPS) is 13.2. The van der Waals surface area contributed by atoms with E-state index in [1.807, 2.05) is 25.1 Å². The topological polar surface area (TPSA) is 18.5 Å². The fourth-order valence-corrected chi connectivity index (χ4v) is 2.06. The lowest BCUT2D eigenvalue weighted by molar-refractivity contribution is 0.174. The monoisotopic (exact) mass is 238 g/mol. The summed E-state index contributed by atoms with van der Waals surface area (Å²) in [6.07, 6.45) is 4.12. The van der Waals surface area contributed by atoms with Gasteiger partial charge in [0.2, 0.25) is 6.79 Å². The average molecular weight is 238 g/mol. The van der Waals surface area contributed by atoms with E-state index in [0.717, 1.165) is 17.1 Å². The molecule has 0 spiro atoms. The number of fused-ring (bicyclic) bond motifs is 1. The van der Waals surface area contributed by atoms with Gasteiger partial charge < -0.3 is 9.47 Å². The standard InChI is InChI=1S/C16H14O2/c1-2-3-12-4-6-13(7-5-12)14-8-9-15-16(10-14)18-11-17-15/h2-10H,11H2,1H3/b3-2+. The van der Waals surface area contributed by atoms with Gasteiger partial charge in [-0.1, -0.05) is 42.5 Å². The molecule has 0 N–H and O–H groups in total. The van der Waals surface area contributed by atoms with Gasteiger partial charge in [0, 0.05) is 0 Å². The summed E-state index contributed by atoms with van der Waals surface area (Å²) in [5, 5.41) is 0. The Morgan fingerprint density at radius 3 is 2.39 bits per heavy atom. The molecule has 0 fully saturated rings. The number of hydrogen-bond acceptors (Lipinski definition) is 2. The van der Waals surface area contributed by atoms with Crippen molar-refractivity contribution in [3.8, 4) is 22.6 Å². The molecule has 2 aromatic rings. The summed E-state index contributed by atoms with van der Waals surface area (Å²) < 4.78 is 10.7. The summed E-state index contributed by atoms with van der Waals surface area (Å²) in [5.74, 6) is 1.65. The Kier molecular flexibility index (Phi) is 2.77. The zero-order valence-electron chi connectivity index (χ0n) is 10.2. The summed E-state index contributed by atoms with van der Waals surface area (Å²) in [6.45, 7) is 2.34. The van der Waals surface area contributed by atoms with Gasteiger partial charge in [0.25, 0.3) is 0 Å². The first kappa shape index (κ1) is 10.9. The molecule has 0 unspecified atom stereocenters. The van der Waals surface area contributed by atoms with E-state index in [2.05, 4.69) is 36.4 Å². The number of rotatable bonds is 2. The maximum atomic E-state index is 5.39. The van der Waals surface area contributed by atoms with Gasteiger partial charge in [-0.3, -0.25) is 0 Å². The molecular formula is C16H14O2. The van der Waals surface area contributed by atoms with Crippen molar-refractivity contribution in [1.82, 2.24) is 0 Å². The van der Waals surface area contributed by atoms with Crippen molar-refractivity contribution in [1.29, 1.82) is 0 Å². The van der Waals surface area contributed by atoms with E-state index in [9.17, 15) is 0 Å². The maximum absolute atomic E-state index is 5.39. The zero-order chi connectivity index (χ0) is 12.4. The number of allylic oxidation sites excluding steroid dienone is 1. The predicted octanol–water partition coefficient (Wildman–Crippen LogP) is 4.12. The van der Waals surface area contributed by atoms with E-state index < -0.39 is 0 Å². The minimum absolute atomic E-state index is 0.318. The van der Waals surface area contributed by atoms with Crippen LogP contribution in [0.25, 0.3) is 17.2 Å². The Hall–Kier alpha value is -2.22. The molecule has 90 valence electrons. The molecule has 0 aliphatic carbocycles. The third-order valence-corrected chi connectivity index (χ3v) is 2.98. The van der Waals surface area contributed by atoms with Crippen molar-refractivity contribution in [2.24, 2.45) is 0 Å². The van der Waals surface area contributed by atoms with Crippen LogP contribution in [-0.4, -0.2) is 6.79 Å². The molecule has 3 rings (SSSR count). The Morgan fingerprint density at radius 2 is 1.61 bits per heavy atom. The maximum Gasteiger partial charge on any atom is 0.231 e. The highest BCUT2D eigenvalue weighted by molar-refractivity contribution is 5.69. The molecule has 1 heterocycles. The summed E-state index contributed by atoms with van der Waals surface area (Å²) in [6, 6.07) is 14.5. The lowest BCUT2D eigenvalue weighted by Gasteiger charge is -2.04. The Morgan fingerprint density at radius 1 is 0.889 bits per heavy atom. The predicted molar refractivity (Wildman–Crippen MR) is 72.7 cm³/mol. The van der Waals surface area contributed by atoms with Crippen molar-refractivity contribution < 1.29 is 9.47 Å². The first-order valence-corrected chi connectivity index (χ1v) is 5.99. The molecule has 0 bridgehead atoms. The summed E-state index contributed by atoms with van der Waals surface area (Å²) in [7, 11) is 0. The quantitative estimate of drug-likeness (QED) is 0.783. The molecule has 2 heteroatoms. The minimum Gasteiger partial charge on any atom is -0.454 e. The molecule has 1 aliphatic heterocycles. The van der Waals surface area contributed by atoms with Gasteiger partial charge in [0.1, 0.15) is 0 Å². The van der Waals surface area contributed by atoms with Crippen molar-refractivity contribution in [3.63, 3.8) is 0 Å². The van der Waals surface area contributed by atoms with Crippen LogP contribution in [0.15, 0.2) is 48.5 Å². The molecule has 0 saturated carbocycles. The van der Waals surface area contributed by atoms with Crippen LogP contribution in [0.3, 0.4) is 0 Å². The third kappa shape index (κ3) is 1.97. The fraction of sp³-hybridized carbons (Fsp3) is 0.125. The van der Waals surface area contributed by atoms with Crippen LogP contribution in [0, 0.1) is 0 Å². The van der Waals surface area contributed by atoms with E-state index in [1.165, 1.54) is 11.1 Å². The molecular weight excluding hydrogens is 224 g/mol. The highest BCUT2D eigenvalue weighted by Crippen LogP contribution is 2.35. The number of ether oxygens (including phenoxy) is 2. The van der Waals surface area contributed by atoms with Crippen LogP contribution >= 0.6 is 0 Å². The summed E-state index contributed by atoms with van der Waals surface area (Å²) in [5.41, 5.74) is 3.54. The van der Waals surface area contributed by atoms with Crippen LogP contribution < -0.4 is 9.47 Å². The van der Waals surface area contributed by atoms with Crippen LogP contribution in [0.4, 0.5) is 0 Å². The number of hydrogen-bond donors (Lipinski definition) is 0. The van der Waals surface area contributed by atoms with Crippen molar-refractivity contribution in [2.45, 2.75) is 6.92 Å². The van der Waals surface area contributed by atoms with Crippen LogP contribution in [0.1, 0.15) is 12.5 Å². The second-order valence-corrected chi connectivity index (χ2v) is 4.19. The minimum atomic E-state index is 0.318. The molecule has 1 aliphatic rings. The van der Waals surface area contributed by atoms with Gasteiger partial charge in [-0.05, 0) is 35.7 Å². The molecule has 0 amide bonds. The fourth-order valence-electron chi connectivity index (χ4n) is 2.06. The lowest BCUT2D eigenvalue weighted by Crippen LogP contribution is -1.92. The van der Waals surface area contributed by atoms with Gasteiger partial charge in [0.05, 0.1) is 0 Å².